The summed E-state index contributed by atoms with van der Waals surface area (Å²) in [7, 11) is 0. The molecule has 0 radical (unpaired) electrons. The number of benzene rings is 1. The first-order valence-electron chi connectivity index (χ1n) is 6.15. The van der Waals surface area contributed by atoms with Crippen LogP contribution in [0.3, 0.4) is 0 Å². The topological polar surface area (TPSA) is 20.2 Å². The maximum Gasteiger partial charge on any atom is 0.0639 e. The van der Waals surface area contributed by atoms with Gasteiger partial charge in [0.05, 0.1) is 6.10 Å². The molecule has 1 atom stereocenters. The number of aliphatic hydroxyl groups is 1. The van der Waals surface area contributed by atoms with Gasteiger partial charge in [-0.15, -0.1) is 0 Å². The molecule has 1 aromatic carbocycles. The van der Waals surface area contributed by atoms with Crippen LogP contribution in [0, 0.1) is 6.92 Å². The van der Waals surface area contributed by atoms with Crippen LogP contribution in [0.2, 0.25) is 0 Å². The van der Waals surface area contributed by atoms with Gasteiger partial charge >= 0.3 is 0 Å². The molecule has 1 aliphatic rings. The second-order valence-electron chi connectivity index (χ2n) is 6.47. The van der Waals surface area contributed by atoms with E-state index in [1.165, 1.54) is 16.7 Å². The average Bonchev–Trinajstić information content (AvgIpc) is 2.18. The van der Waals surface area contributed by atoms with Gasteiger partial charge in [-0.1, -0.05) is 49.7 Å². The summed E-state index contributed by atoms with van der Waals surface area (Å²) >= 11 is 3.60. The zero-order chi connectivity index (χ0) is 13.0. The highest BCUT2D eigenvalue weighted by molar-refractivity contribution is 9.10. The molecule has 17 heavy (non-hydrogen) atoms. The first-order valence-corrected chi connectivity index (χ1v) is 6.95. The van der Waals surface area contributed by atoms with E-state index in [1.807, 2.05) is 0 Å². The monoisotopic (exact) mass is 296 g/mol. The molecule has 0 aromatic heterocycles. The first-order chi connectivity index (χ1) is 7.66. The van der Waals surface area contributed by atoms with Crippen LogP contribution >= 0.6 is 15.9 Å². The van der Waals surface area contributed by atoms with Crippen LogP contribution < -0.4 is 0 Å². The minimum atomic E-state index is -0.278. The van der Waals surface area contributed by atoms with Gasteiger partial charge in [-0.2, -0.15) is 0 Å². The number of halogens is 1. The van der Waals surface area contributed by atoms with Crippen molar-refractivity contribution in [1.82, 2.24) is 0 Å². The Bertz CT molecular complexity index is 460. The lowest BCUT2D eigenvalue weighted by molar-refractivity contribution is 0.0582. The Morgan fingerprint density at radius 3 is 2.35 bits per heavy atom. The van der Waals surface area contributed by atoms with Crippen LogP contribution in [-0.2, 0) is 10.8 Å². The van der Waals surface area contributed by atoms with Crippen LogP contribution in [-0.4, -0.2) is 11.2 Å². The van der Waals surface area contributed by atoms with Crippen LogP contribution in [0.5, 0.6) is 0 Å². The zero-order valence-corrected chi connectivity index (χ0v) is 12.9. The third-order valence-electron chi connectivity index (χ3n) is 4.26. The molecule has 0 amide bonds. The number of fused-ring (bicyclic) bond motifs is 1. The third-order valence-corrected chi connectivity index (χ3v) is 5.11. The Kier molecular flexibility index (Phi) is 2.95. The van der Waals surface area contributed by atoms with Gasteiger partial charge in [0.2, 0.25) is 0 Å². The van der Waals surface area contributed by atoms with Gasteiger partial charge in [-0.25, -0.2) is 0 Å². The molecule has 2 heteroatoms. The van der Waals surface area contributed by atoms with Crippen molar-refractivity contribution < 1.29 is 5.11 Å². The van der Waals surface area contributed by atoms with E-state index in [4.69, 9.17) is 0 Å². The molecular formula is C15H21BrO. The van der Waals surface area contributed by atoms with E-state index >= 15 is 0 Å². The molecule has 1 aliphatic carbocycles. The quantitative estimate of drug-likeness (QED) is 0.765. The summed E-state index contributed by atoms with van der Waals surface area (Å²) in [5.41, 5.74) is 3.81. The van der Waals surface area contributed by atoms with Gasteiger partial charge in [0, 0.05) is 9.89 Å². The molecule has 1 aromatic rings. The molecule has 0 spiro atoms. The molecule has 1 unspecified atom stereocenters. The van der Waals surface area contributed by atoms with Gasteiger partial charge in [0.15, 0.2) is 0 Å². The predicted octanol–water partition coefficient (Wildman–Crippen LogP) is 4.08. The molecule has 0 fully saturated rings. The van der Waals surface area contributed by atoms with E-state index in [9.17, 15) is 5.11 Å². The Hall–Kier alpha value is -0.340. The van der Waals surface area contributed by atoms with Gasteiger partial charge in [0.25, 0.3) is 0 Å². The fourth-order valence-electron chi connectivity index (χ4n) is 2.80. The standard InChI is InChI=1S/C15H21BrO/c1-9-6-10-11(7-12(9)16)15(4,5)13(17)8-14(10,2)3/h6-7,13,17H,8H2,1-5H3. The van der Waals surface area contributed by atoms with Crippen molar-refractivity contribution in [2.75, 3.05) is 0 Å². The lowest BCUT2D eigenvalue weighted by atomic mass is 9.61. The fourth-order valence-corrected chi connectivity index (χ4v) is 3.15. The number of hydrogen-bond donors (Lipinski definition) is 1. The molecule has 0 saturated carbocycles. The van der Waals surface area contributed by atoms with Gasteiger partial charge < -0.3 is 5.11 Å². The molecule has 1 nitrogen and oxygen atoms in total. The number of hydrogen-bond acceptors (Lipinski definition) is 1. The van der Waals surface area contributed by atoms with Crippen molar-refractivity contribution in [1.29, 1.82) is 0 Å². The molecular weight excluding hydrogens is 276 g/mol. The Balaban J connectivity index is 2.73. The highest BCUT2D eigenvalue weighted by atomic mass is 79.9. The van der Waals surface area contributed by atoms with Crippen molar-refractivity contribution in [3.8, 4) is 0 Å². The normalized spacial score (nSPS) is 25.5. The lowest BCUT2D eigenvalue weighted by Gasteiger charge is -2.45. The van der Waals surface area contributed by atoms with Crippen LogP contribution in [0.15, 0.2) is 16.6 Å². The molecule has 0 heterocycles. The highest BCUT2D eigenvalue weighted by Crippen LogP contribution is 2.47. The van der Waals surface area contributed by atoms with Crippen molar-refractivity contribution in [3.63, 3.8) is 0 Å². The molecule has 0 aliphatic heterocycles. The van der Waals surface area contributed by atoms with E-state index in [0.717, 1.165) is 10.9 Å². The fraction of sp³-hybridized carbons (Fsp3) is 0.600. The first kappa shape index (κ1) is 13.1. The summed E-state index contributed by atoms with van der Waals surface area (Å²) < 4.78 is 1.13. The van der Waals surface area contributed by atoms with E-state index in [0.29, 0.717) is 0 Å². The van der Waals surface area contributed by atoms with E-state index < -0.39 is 0 Å². The molecule has 2 rings (SSSR count). The molecule has 1 N–H and O–H groups in total. The second kappa shape index (κ2) is 3.83. The minimum Gasteiger partial charge on any atom is -0.392 e. The summed E-state index contributed by atoms with van der Waals surface area (Å²) in [5.74, 6) is 0. The van der Waals surface area contributed by atoms with Crippen molar-refractivity contribution in [3.05, 3.63) is 33.3 Å². The summed E-state index contributed by atoms with van der Waals surface area (Å²) in [6.45, 7) is 10.8. The minimum absolute atomic E-state index is 0.0513. The lowest BCUT2D eigenvalue weighted by Crippen LogP contribution is -2.45. The smallest absolute Gasteiger partial charge is 0.0639 e. The van der Waals surface area contributed by atoms with E-state index in [2.05, 4.69) is 62.7 Å². The van der Waals surface area contributed by atoms with Crippen molar-refractivity contribution in [2.45, 2.75) is 58.0 Å². The van der Waals surface area contributed by atoms with Crippen LogP contribution in [0.1, 0.15) is 50.8 Å². The SMILES string of the molecule is Cc1cc2c(cc1Br)C(C)(C)C(O)CC2(C)C. The highest BCUT2D eigenvalue weighted by Gasteiger charge is 2.43. The van der Waals surface area contributed by atoms with Crippen molar-refractivity contribution >= 4 is 15.9 Å². The number of aryl methyl sites for hydroxylation is 1. The van der Waals surface area contributed by atoms with Gasteiger partial charge in [-0.05, 0) is 41.5 Å². The predicted molar refractivity (Wildman–Crippen MR) is 75.6 cm³/mol. The van der Waals surface area contributed by atoms with Crippen LogP contribution in [0.4, 0.5) is 0 Å². The average molecular weight is 297 g/mol. The maximum absolute atomic E-state index is 10.4. The van der Waals surface area contributed by atoms with E-state index in [1.54, 1.807) is 0 Å². The Labute approximate surface area is 112 Å². The summed E-state index contributed by atoms with van der Waals surface area (Å²) in [6.07, 6.45) is 0.549. The zero-order valence-electron chi connectivity index (χ0n) is 11.3. The van der Waals surface area contributed by atoms with Gasteiger partial charge in [-0.3, -0.25) is 0 Å². The Morgan fingerprint density at radius 1 is 1.18 bits per heavy atom. The third kappa shape index (κ3) is 1.96. The summed E-state index contributed by atoms with van der Waals surface area (Å²) in [6, 6.07) is 4.46. The van der Waals surface area contributed by atoms with E-state index in [-0.39, 0.29) is 16.9 Å². The summed E-state index contributed by atoms with van der Waals surface area (Å²) in [5, 5.41) is 10.4. The maximum atomic E-state index is 10.4. The summed E-state index contributed by atoms with van der Waals surface area (Å²) in [4.78, 5) is 0. The molecule has 94 valence electrons. The van der Waals surface area contributed by atoms with Crippen LogP contribution in [0.25, 0.3) is 0 Å². The number of rotatable bonds is 0. The van der Waals surface area contributed by atoms with Crippen molar-refractivity contribution in [2.24, 2.45) is 0 Å². The molecule has 0 bridgehead atoms. The number of aliphatic hydroxyl groups excluding tert-OH is 1. The molecule has 0 saturated heterocycles. The largest absolute Gasteiger partial charge is 0.392 e. The Morgan fingerprint density at radius 2 is 1.76 bits per heavy atom. The second-order valence-corrected chi connectivity index (χ2v) is 7.33. The van der Waals surface area contributed by atoms with Gasteiger partial charge in [0.1, 0.15) is 0 Å².